The van der Waals surface area contributed by atoms with Crippen LogP contribution in [0.15, 0.2) is 12.4 Å². The van der Waals surface area contributed by atoms with E-state index in [1.54, 1.807) is 0 Å². The monoisotopic (exact) mass is 200 g/mol. The normalized spacial score (nSPS) is 22.9. The lowest BCUT2D eigenvalue weighted by Gasteiger charge is -2.30. The predicted octanol–water partition coefficient (Wildman–Crippen LogP) is -0.113. The Balaban J connectivity index is 2.55. The summed E-state index contributed by atoms with van der Waals surface area (Å²) < 4.78 is 0. The quantitative estimate of drug-likeness (QED) is 0.662. The maximum Gasteiger partial charge on any atom is 0.332 e. The fraction of sp³-hybridized carbons (Fsp3) is 0.667. The largest absolute Gasteiger partial charge is 0.479 e. The minimum absolute atomic E-state index is 0.0499. The Labute approximate surface area is 83.2 Å². The first-order chi connectivity index (χ1) is 6.56. The second-order valence-electron chi connectivity index (χ2n) is 3.36. The van der Waals surface area contributed by atoms with Crippen molar-refractivity contribution in [1.82, 2.24) is 9.80 Å². The van der Waals surface area contributed by atoms with Gasteiger partial charge in [0, 0.05) is 32.4 Å². The van der Waals surface area contributed by atoms with Crippen LogP contribution in [0, 0.1) is 0 Å². The number of carboxylic acid groups (broad SMARTS) is 1. The van der Waals surface area contributed by atoms with Crippen LogP contribution in [0.25, 0.3) is 0 Å². The van der Waals surface area contributed by atoms with Gasteiger partial charge in [-0.05, 0) is 6.92 Å². The van der Waals surface area contributed by atoms with Crippen molar-refractivity contribution in [1.29, 1.82) is 0 Å². The molecular weight excluding hydrogens is 184 g/mol. The van der Waals surface area contributed by atoms with Crippen molar-refractivity contribution in [3.05, 3.63) is 12.4 Å². The molecule has 0 bridgehead atoms. The number of carboxylic acids is 1. The fourth-order valence-corrected chi connectivity index (χ4v) is 1.54. The van der Waals surface area contributed by atoms with Gasteiger partial charge < -0.3 is 20.0 Å². The van der Waals surface area contributed by atoms with Crippen LogP contribution in [0.3, 0.4) is 0 Å². The van der Waals surface area contributed by atoms with E-state index in [-0.39, 0.29) is 12.6 Å². The first kappa shape index (κ1) is 10.8. The van der Waals surface area contributed by atoms with Crippen LogP contribution in [0.4, 0.5) is 0 Å². The van der Waals surface area contributed by atoms with E-state index in [2.05, 4.69) is 0 Å². The van der Waals surface area contributed by atoms with Crippen molar-refractivity contribution in [2.45, 2.75) is 25.6 Å². The molecule has 5 heteroatoms. The molecule has 0 radical (unpaired) electrons. The van der Waals surface area contributed by atoms with Gasteiger partial charge in [0.15, 0.2) is 6.10 Å². The van der Waals surface area contributed by atoms with E-state index in [1.807, 2.05) is 36.2 Å². The molecule has 0 aromatic heterocycles. The zero-order valence-corrected chi connectivity index (χ0v) is 8.42. The molecular formula is C9H16N2O3. The topological polar surface area (TPSA) is 64.0 Å². The van der Waals surface area contributed by atoms with Crippen molar-refractivity contribution in [2.75, 3.05) is 13.6 Å². The second kappa shape index (κ2) is 4.32. The van der Waals surface area contributed by atoms with E-state index < -0.39 is 12.1 Å². The molecule has 0 aromatic rings. The molecule has 5 nitrogen and oxygen atoms in total. The lowest BCUT2D eigenvalue weighted by atomic mass is 10.2. The van der Waals surface area contributed by atoms with E-state index in [9.17, 15) is 9.90 Å². The number of hydrogen-bond acceptors (Lipinski definition) is 4. The third kappa shape index (κ3) is 2.17. The summed E-state index contributed by atoms with van der Waals surface area (Å²) in [5.41, 5.74) is 0. The third-order valence-electron chi connectivity index (χ3n) is 2.43. The molecule has 0 aromatic carbocycles. The molecule has 1 rings (SSSR count). The minimum atomic E-state index is -1.30. The highest BCUT2D eigenvalue weighted by molar-refractivity contribution is 5.71. The fourth-order valence-electron chi connectivity index (χ4n) is 1.54. The molecule has 2 N–H and O–H groups in total. The molecule has 2 atom stereocenters. The van der Waals surface area contributed by atoms with Crippen LogP contribution in [0.2, 0.25) is 0 Å². The van der Waals surface area contributed by atoms with Crippen LogP contribution in [0.1, 0.15) is 13.3 Å². The summed E-state index contributed by atoms with van der Waals surface area (Å²) in [7, 11) is 1.87. The Kier molecular flexibility index (Phi) is 3.35. The van der Waals surface area contributed by atoms with Crippen molar-refractivity contribution in [2.24, 2.45) is 0 Å². The molecule has 1 heterocycles. The summed E-state index contributed by atoms with van der Waals surface area (Å²) in [6, 6.07) is 0. The summed E-state index contributed by atoms with van der Waals surface area (Å²) in [6.45, 7) is 2.79. The van der Waals surface area contributed by atoms with E-state index >= 15 is 0 Å². The van der Waals surface area contributed by atoms with Gasteiger partial charge in [-0.2, -0.15) is 0 Å². The first-order valence-electron chi connectivity index (χ1n) is 4.63. The van der Waals surface area contributed by atoms with E-state index in [0.717, 1.165) is 6.54 Å². The predicted molar refractivity (Wildman–Crippen MR) is 51.3 cm³/mol. The maximum absolute atomic E-state index is 10.5. The Bertz CT molecular complexity index is 242. The molecule has 0 aliphatic carbocycles. The molecule has 0 fully saturated rings. The zero-order chi connectivity index (χ0) is 10.7. The van der Waals surface area contributed by atoms with E-state index in [1.165, 1.54) is 0 Å². The average molecular weight is 200 g/mol. The summed E-state index contributed by atoms with van der Waals surface area (Å²) >= 11 is 0. The van der Waals surface area contributed by atoms with Gasteiger partial charge in [-0.3, -0.25) is 0 Å². The molecule has 0 saturated heterocycles. The average Bonchev–Trinajstić information content (AvgIpc) is 2.47. The van der Waals surface area contributed by atoms with Crippen molar-refractivity contribution in [3.8, 4) is 0 Å². The Morgan fingerprint density at radius 3 is 2.71 bits per heavy atom. The summed E-state index contributed by atoms with van der Waals surface area (Å²) in [5.74, 6) is -1.17. The number of rotatable bonds is 4. The standard InChI is InChI=1S/C9H16N2O3/c1-3-11-5-4-10(2)8(11)6-7(12)9(13)14/h4-5,7-8,12H,3,6H2,1-2H3,(H,13,14)/t7-,8?/m0/s1. The van der Waals surface area contributed by atoms with Crippen LogP contribution < -0.4 is 0 Å². The van der Waals surface area contributed by atoms with Gasteiger partial charge in [-0.1, -0.05) is 0 Å². The van der Waals surface area contributed by atoms with Crippen LogP contribution >= 0.6 is 0 Å². The lowest BCUT2D eigenvalue weighted by Crippen LogP contribution is -2.40. The highest BCUT2D eigenvalue weighted by Crippen LogP contribution is 2.17. The molecule has 14 heavy (non-hydrogen) atoms. The molecule has 1 aliphatic rings. The number of carbonyl (C=O) groups is 1. The molecule has 80 valence electrons. The van der Waals surface area contributed by atoms with Crippen molar-refractivity contribution in [3.63, 3.8) is 0 Å². The highest BCUT2D eigenvalue weighted by atomic mass is 16.4. The number of aliphatic carboxylic acids is 1. The molecule has 0 saturated carbocycles. The Morgan fingerprint density at radius 2 is 2.21 bits per heavy atom. The van der Waals surface area contributed by atoms with Gasteiger partial charge in [0.1, 0.15) is 6.17 Å². The smallest absolute Gasteiger partial charge is 0.332 e. The van der Waals surface area contributed by atoms with Crippen molar-refractivity contribution < 1.29 is 15.0 Å². The van der Waals surface area contributed by atoms with Crippen LogP contribution in [-0.4, -0.2) is 51.8 Å². The van der Waals surface area contributed by atoms with Gasteiger partial charge in [0.05, 0.1) is 0 Å². The molecule has 1 unspecified atom stereocenters. The lowest BCUT2D eigenvalue weighted by molar-refractivity contribution is -0.148. The SMILES string of the molecule is CCN1C=CN(C)C1C[C@H](O)C(=O)O. The van der Waals surface area contributed by atoms with Gasteiger partial charge in [-0.15, -0.1) is 0 Å². The number of hydrogen-bond donors (Lipinski definition) is 2. The first-order valence-corrected chi connectivity index (χ1v) is 4.63. The maximum atomic E-state index is 10.5. The van der Waals surface area contributed by atoms with Crippen LogP contribution in [0.5, 0.6) is 0 Å². The van der Waals surface area contributed by atoms with Crippen molar-refractivity contribution >= 4 is 5.97 Å². The summed E-state index contributed by atoms with van der Waals surface area (Å²) in [6.07, 6.45) is 2.65. The third-order valence-corrected chi connectivity index (χ3v) is 2.43. The molecule has 0 spiro atoms. The second-order valence-corrected chi connectivity index (χ2v) is 3.36. The zero-order valence-electron chi connectivity index (χ0n) is 8.42. The number of nitrogens with zero attached hydrogens (tertiary/aromatic N) is 2. The number of aliphatic hydroxyl groups excluding tert-OH is 1. The van der Waals surface area contributed by atoms with E-state index in [0.29, 0.717) is 0 Å². The number of aliphatic hydroxyl groups is 1. The van der Waals surface area contributed by atoms with Crippen LogP contribution in [-0.2, 0) is 4.79 Å². The summed E-state index contributed by atoms with van der Waals surface area (Å²) in [5, 5.41) is 17.8. The van der Waals surface area contributed by atoms with Gasteiger partial charge >= 0.3 is 5.97 Å². The Morgan fingerprint density at radius 1 is 1.57 bits per heavy atom. The molecule has 0 amide bonds. The van der Waals surface area contributed by atoms with Gasteiger partial charge in [0.2, 0.25) is 0 Å². The molecule has 1 aliphatic heterocycles. The van der Waals surface area contributed by atoms with Gasteiger partial charge in [0.25, 0.3) is 0 Å². The summed E-state index contributed by atoms with van der Waals surface area (Å²) in [4.78, 5) is 14.4. The van der Waals surface area contributed by atoms with E-state index in [4.69, 9.17) is 5.11 Å². The minimum Gasteiger partial charge on any atom is -0.479 e. The Hall–Kier alpha value is -1.23. The highest BCUT2D eigenvalue weighted by Gasteiger charge is 2.27. The van der Waals surface area contributed by atoms with Gasteiger partial charge in [-0.25, -0.2) is 4.79 Å².